The summed E-state index contributed by atoms with van der Waals surface area (Å²) in [6.07, 6.45) is 5.89. The van der Waals surface area contributed by atoms with Gasteiger partial charge in [-0.2, -0.15) is 0 Å². The van der Waals surface area contributed by atoms with Crippen LogP contribution in [0.15, 0.2) is 24.3 Å². The van der Waals surface area contributed by atoms with Crippen molar-refractivity contribution in [3.05, 3.63) is 29.8 Å². The molecule has 1 aromatic rings. The number of carbonyl (C=O) groups is 1. The highest BCUT2D eigenvalue weighted by Crippen LogP contribution is 2.48. The highest BCUT2D eigenvalue weighted by Gasteiger charge is 2.46. The zero-order valence-electron chi connectivity index (χ0n) is 14.2. The molecule has 0 aromatic heterocycles. The van der Waals surface area contributed by atoms with Gasteiger partial charge in [-0.25, -0.2) is 4.79 Å². The summed E-state index contributed by atoms with van der Waals surface area (Å²) in [6, 6.07) is 7.85. The van der Waals surface area contributed by atoms with Gasteiger partial charge in [-0.15, -0.1) is 0 Å². The Morgan fingerprint density at radius 2 is 2.17 bits per heavy atom. The van der Waals surface area contributed by atoms with Crippen molar-refractivity contribution in [2.75, 3.05) is 13.6 Å². The number of likely N-dealkylation sites (N-methyl/N-ethyl adjacent to an activating group) is 1. The number of benzene rings is 1. The van der Waals surface area contributed by atoms with Crippen LogP contribution in [0.2, 0.25) is 0 Å². The number of nitrogens with zero attached hydrogens (tertiary/aromatic N) is 1. The second kappa shape index (κ2) is 5.96. The van der Waals surface area contributed by atoms with E-state index in [1.54, 1.807) is 11.9 Å². The van der Waals surface area contributed by atoms with Crippen molar-refractivity contribution >= 4 is 6.03 Å². The van der Waals surface area contributed by atoms with Gasteiger partial charge in [0, 0.05) is 25.6 Å². The number of fused-ring (bicyclic) bond motifs is 1. The van der Waals surface area contributed by atoms with Gasteiger partial charge >= 0.3 is 6.03 Å². The summed E-state index contributed by atoms with van der Waals surface area (Å²) in [5.74, 6) is 1.27. The Morgan fingerprint density at radius 3 is 2.83 bits per heavy atom. The van der Waals surface area contributed by atoms with E-state index in [0.717, 1.165) is 43.4 Å². The molecule has 0 saturated heterocycles. The Balaban J connectivity index is 1.45. The molecule has 2 fully saturated rings. The molecule has 1 spiro atoms. The molecule has 2 atom stereocenters. The van der Waals surface area contributed by atoms with Crippen LogP contribution in [0.5, 0.6) is 5.75 Å². The van der Waals surface area contributed by atoms with Gasteiger partial charge in [0.1, 0.15) is 11.4 Å². The van der Waals surface area contributed by atoms with Crippen LogP contribution in [0.25, 0.3) is 0 Å². The maximum Gasteiger partial charge on any atom is 0.317 e. The molecule has 0 bridgehead atoms. The van der Waals surface area contributed by atoms with E-state index in [9.17, 15) is 9.90 Å². The maximum atomic E-state index is 12.6. The first-order valence-electron chi connectivity index (χ1n) is 9.04. The minimum absolute atomic E-state index is 0.0248. The fourth-order valence-electron chi connectivity index (χ4n) is 3.88. The molecule has 2 N–H and O–H groups in total. The first-order valence-corrected chi connectivity index (χ1v) is 9.04. The maximum absolute atomic E-state index is 12.6. The molecule has 5 heteroatoms. The second-order valence-corrected chi connectivity index (χ2v) is 7.67. The summed E-state index contributed by atoms with van der Waals surface area (Å²) < 4.78 is 6.23. The van der Waals surface area contributed by atoms with Gasteiger partial charge in [0.2, 0.25) is 0 Å². The molecular weight excluding hydrogens is 304 g/mol. The van der Waals surface area contributed by atoms with E-state index in [4.69, 9.17) is 4.74 Å². The van der Waals surface area contributed by atoms with Gasteiger partial charge in [0.05, 0.1) is 12.1 Å². The van der Waals surface area contributed by atoms with E-state index in [2.05, 4.69) is 5.32 Å². The summed E-state index contributed by atoms with van der Waals surface area (Å²) in [6.45, 7) is 0.395. The molecule has 2 aliphatic carbocycles. The molecule has 0 radical (unpaired) electrons. The average Bonchev–Trinajstić information content (AvgIpc) is 3.38. The zero-order chi connectivity index (χ0) is 16.7. The molecule has 130 valence electrons. The molecule has 1 heterocycles. The average molecular weight is 330 g/mol. The number of nitrogens with one attached hydrogen (secondary N) is 1. The standard InChI is InChI=1S/C19H26N2O3/c1-21(12-16(22)13-7-8-13)18(23)20-15-11-19(9-4-10-19)24-17-6-3-2-5-14(15)17/h2-3,5-6,13,15-16,22H,4,7-12H2,1H3,(H,20,23)/t15-,16+/m1/s1. The molecule has 4 rings (SSSR count). The summed E-state index contributed by atoms with van der Waals surface area (Å²) in [5, 5.41) is 13.2. The van der Waals surface area contributed by atoms with Crippen LogP contribution in [-0.4, -0.2) is 41.3 Å². The van der Waals surface area contributed by atoms with E-state index < -0.39 is 6.10 Å². The fraction of sp³-hybridized carbons (Fsp3) is 0.632. The number of ether oxygens (including phenoxy) is 1. The first kappa shape index (κ1) is 15.8. The van der Waals surface area contributed by atoms with E-state index in [1.165, 1.54) is 6.42 Å². The number of urea groups is 1. The highest BCUT2D eigenvalue weighted by molar-refractivity contribution is 5.74. The highest BCUT2D eigenvalue weighted by atomic mass is 16.5. The molecule has 1 aromatic carbocycles. The Bertz CT molecular complexity index is 625. The smallest absolute Gasteiger partial charge is 0.317 e. The number of rotatable bonds is 4. The van der Waals surface area contributed by atoms with E-state index in [0.29, 0.717) is 12.5 Å². The summed E-state index contributed by atoms with van der Waals surface area (Å²) in [7, 11) is 1.76. The van der Waals surface area contributed by atoms with Gasteiger partial charge < -0.3 is 20.1 Å². The van der Waals surface area contributed by atoms with Crippen molar-refractivity contribution < 1.29 is 14.6 Å². The summed E-state index contributed by atoms with van der Waals surface area (Å²) >= 11 is 0. The van der Waals surface area contributed by atoms with Crippen LogP contribution in [0, 0.1) is 5.92 Å². The third-order valence-corrected chi connectivity index (χ3v) is 5.73. The van der Waals surface area contributed by atoms with Crippen LogP contribution in [0.3, 0.4) is 0 Å². The number of aliphatic hydroxyl groups excluding tert-OH is 1. The molecule has 3 aliphatic rings. The van der Waals surface area contributed by atoms with E-state index >= 15 is 0 Å². The van der Waals surface area contributed by atoms with E-state index in [1.807, 2.05) is 24.3 Å². The van der Waals surface area contributed by atoms with Crippen molar-refractivity contribution in [2.24, 2.45) is 5.92 Å². The lowest BCUT2D eigenvalue weighted by molar-refractivity contribution is -0.0360. The lowest BCUT2D eigenvalue weighted by atomic mass is 9.73. The molecular formula is C19H26N2O3. The molecule has 2 amide bonds. The predicted octanol–water partition coefficient (Wildman–Crippen LogP) is 2.85. The third-order valence-electron chi connectivity index (χ3n) is 5.73. The molecule has 1 aliphatic heterocycles. The molecule has 5 nitrogen and oxygen atoms in total. The lowest BCUT2D eigenvalue weighted by Gasteiger charge is -2.48. The van der Waals surface area contributed by atoms with Crippen LogP contribution >= 0.6 is 0 Å². The van der Waals surface area contributed by atoms with Crippen LogP contribution < -0.4 is 10.1 Å². The van der Waals surface area contributed by atoms with Crippen molar-refractivity contribution in [1.82, 2.24) is 10.2 Å². The number of carbonyl (C=O) groups excluding carboxylic acids is 1. The van der Waals surface area contributed by atoms with E-state index in [-0.39, 0.29) is 17.7 Å². The second-order valence-electron chi connectivity index (χ2n) is 7.67. The Labute approximate surface area is 143 Å². The minimum Gasteiger partial charge on any atom is -0.487 e. The topological polar surface area (TPSA) is 61.8 Å². The number of para-hydroxylation sites is 1. The zero-order valence-corrected chi connectivity index (χ0v) is 14.2. The van der Waals surface area contributed by atoms with Crippen molar-refractivity contribution in [3.63, 3.8) is 0 Å². The molecule has 24 heavy (non-hydrogen) atoms. The number of hydrogen-bond donors (Lipinski definition) is 2. The molecule has 2 saturated carbocycles. The van der Waals surface area contributed by atoms with Crippen molar-refractivity contribution in [2.45, 2.75) is 56.3 Å². The lowest BCUT2D eigenvalue weighted by Crippen LogP contribution is -2.51. The number of amides is 2. The SMILES string of the molecule is CN(C[C@H](O)C1CC1)C(=O)N[C@@H]1CC2(CCC2)Oc2ccccc21. The first-order chi connectivity index (χ1) is 11.6. The molecule has 0 unspecified atom stereocenters. The quantitative estimate of drug-likeness (QED) is 0.892. The predicted molar refractivity (Wildman–Crippen MR) is 90.9 cm³/mol. The Hall–Kier alpha value is -1.75. The fourth-order valence-corrected chi connectivity index (χ4v) is 3.88. The largest absolute Gasteiger partial charge is 0.487 e. The number of hydrogen-bond acceptors (Lipinski definition) is 3. The monoisotopic (exact) mass is 330 g/mol. The van der Waals surface area contributed by atoms with Gasteiger partial charge in [0.25, 0.3) is 0 Å². The Morgan fingerprint density at radius 1 is 1.42 bits per heavy atom. The van der Waals surface area contributed by atoms with Crippen LogP contribution in [0.1, 0.15) is 50.1 Å². The van der Waals surface area contributed by atoms with Gasteiger partial charge in [0.15, 0.2) is 0 Å². The normalized spacial score (nSPS) is 25.2. The van der Waals surface area contributed by atoms with Gasteiger partial charge in [-0.05, 0) is 44.1 Å². The Kier molecular flexibility index (Phi) is 3.91. The minimum atomic E-state index is -0.402. The van der Waals surface area contributed by atoms with Crippen molar-refractivity contribution in [1.29, 1.82) is 0 Å². The van der Waals surface area contributed by atoms with Crippen LogP contribution in [-0.2, 0) is 0 Å². The third kappa shape index (κ3) is 2.97. The van der Waals surface area contributed by atoms with Crippen molar-refractivity contribution in [3.8, 4) is 5.75 Å². The van der Waals surface area contributed by atoms with Gasteiger partial charge in [-0.1, -0.05) is 18.2 Å². The summed E-state index contributed by atoms with van der Waals surface area (Å²) in [5.41, 5.74) is 0.956. The summed E-state index contributed by atoms with van der Waals surface area (Å²) in [4.78, 5) is 14.2. The number of aliphatic hydroxyl groups is 1. The van der Waals surface area contributed by atoms with Gasteiger partial charge in [-0.3, -0.25) is 0 Å². The van der Waals surface area contributed by atoms with Crippen LogP contribution in [0.4, 0.5) is 4.79 Å².